The highest BCUT2D eigenvalue weighted by molar-refractivity contribution is 5.86. The van der Waals surface area contributed by atoms with Gasteiger partial charge in [-0.05, 0) is 19.9 Å². The predicted octanol–water partition coefficient (Wildman–Crippen LogP) is 0.699. The zero-order chi connectivity index (χ0) is 11.7. The number of carbonyl (C=O) groups excluding carboxylic acids is 2. The molecule has 0 aliphatic carbocycles. The largest absolute Gasteiger partial charge is 0.366 e. The maximum absolute atomic E-state index is 10.3. The minimum atomic E-state index is -0.375. The maximum atomic E-state index is 10.3. The van der Waals surface area contributed by atoms with Gasteiger partial charge in [-0.1, -0.05) is 12.2 Å². The van der Waals surface area contributed by atoms with E-state index >= 15 is 0 Å². The van der Waals surface area contributed by atoms with Gasteiger partial charge in [0.2, 0.25) is 11.8 Å². The van der Waals surface area contributed by atoms with Crippen LogP contribution in [0.4, 0.5) is 0 Å². The summed E-state index contributed by atoms with van der Waals surface area (Å²) < 4.78 is 0. The number of nitrogens with two attached hydrogens (primary N) is 1. The Morgan fingerprint density at radius 3 is 1.71 bits per heavy atom. The predicted molar refractivity (Wildman–Crippen MR) is 57.5 cm³/mol. The van der Waals surface area contributed by atoms with E-state index in [0.29, 0.717) is 0 Å². The fourth-order valence-electron chi connectivity index (χ4n) is 0.467. The molecule has 0 rings (SSSR count). The summed E-state index contributed by atoms with van der Waals surface area (Å²) in [5, 5.41) is 0. The quantitative estimate of drug-likeness (QED) is 0.664. The van der Waals surface area contributed by atoms with Crippen molar-refractivity contribution in [3.8, 4) is 0 Å². The van der Waals surface area contributed by atoms with Gasteiger partial charge in [0.05, 0.1) is 0 Å². The molecule has 0 aromatic heterocycles. The van der Waals surface area contributed by atoms with Crippen molar-refractivity contribution in [3.63, 3.8) is 0 Å². The first-order chi connectivity index (χ1) is 6.31. The monoisotopic (exact) mass is 198 g/mol. The summed E-state index contributed by atoms with van der Waals surface area (Å²) in [6.45, 7) is 6.94. The molecular formula is C10H18N2O2. The molecule has 4 heteroatoms. The molecule has 0 spiro atoms. The second-order valence-electron chi connectivity index (χ2n) is 3.06. The third kappa shape index (κ3) is 13.0. The van der Waals surface area contributed by atoms with Gasteiger partial charge in [-0.2, -0.15) is 0 Å². The molecule has 0 aromatic carbocycles. The van der Waals surface area contributed by atoms with Gasteiger partial charge >= 0.3 is 0 Å². The SMILES string of the molecule is C=CC(=O)N(C)C.CC(C)=CC(N)=O. The first kappa shape index (κ1) is 14.9. The normalized spacial score (nSPS) is 7.71. The zero-order valence-electron chi connectivity index (χ0n) is 9.20. The molecule has 0 unspecified atom stereocenters. The van der Waals surface area contributed by atoms with E-state index in [1.54, 1.807) is 14.1 Å². The average Bonchev–Trinajstić information content (AvgIpc) is 2.01. The van der Waals surface area contributed by atoms with Crippen LogP contribution in [0, 0.1) is 0 Å². The number of amides is 2. The summed E-state index contributed by atoms with van der Waals surface area (Å²) in [7, 11) is 3.37. The maximum Gasteiger partial charge on any atom is 0.245 e. The third-order valence-electron chi connectivity index (χ3n) is 1.05. The molecule has 4 nitrogen and oxygen atoms in total. The van der Waals surface area contributed by atoms with Crippen molar-refractivity contribution < 1.29 is 9.59 Å². The smallest absolute Gasteiger partial charge is 0.245 e. The lowest BCUT2D eigenvalue weighted by molar-refractivity contribution is -0.123. The Labute approximate surface area is 85.1 Å². The molecule has 0 atom stereocenters. The summed E-state index contributed by atoms with van der Waals surface area (Å²) in [5.74, 6) is -0.431. The Morgan fingerprint density at radius 1 is 1.29 bits per heavy atom. The first-order valence-electron chi connectivity index (χ1n) is 4.09. The van der Waals surface area contributed by atoms with Crippen molar-refractivity contribution in [2.45, 2.75) is 13.8 Å². The van der Waals surface area contributed by atoms with Crippen LogP contribution < -0.4 is 5.73 Å². The molecule has 0 bridgehead atoms. The van der Waals surface area contributed by atoms with Crippen LogP contribution in [0.1, 0.15) is 13.8 Å². The number of hydrogen-bond donors (Lipinski definition) is 1. The van der Waals surface area contributed by atoms with Crippen LogP contribution in [-0.4, -0.2) is 30.8 Å². The number of rotatable bonds is 2. The van der Waals surface area contributed by atoms with Crippen molar-refractivity contribution in [2.75, 3.05) is 14.1 Å². The van der Waals surface area contributed by atoms with Gasteiger partial charge in [0.25, 0.3) is 0 Å². The molecule has 2 N–H and O–H groups in total. The molecule has 0 aliphatic heterocycles. The lowest BCUT2D eigenvalue weighted by atomic mass is 10.3. The molecule has 0 aromatic rings. The van der Waals surface area contributed by atoms with Gasteiger partial charge in [0.15, 0.2) is 0 Å². The number of carbonyl (C=O) groups is 2. The Bertz CT molecular complexity index is 239. The van der Waals surface area contributed by atoms with E-state index in [2.05, 4.69) is 6.58 Å². The number of likely N-dealkylation sites (N-methyl/N-ethyl adjacent to an activating group) is 1. The molecule has 0 aliphatic rings. The fourth-order valence-corrected chi connectivity index (χ4v) is 0.467. The molecule has 0 fully saturated rings. The van der Waals surface area contributed by atoms with Crippen LogP contribution in [0.3, 0.4) is 0 Å². The van der Waals surface area contributed by atoms with Gasteiger partial charge in [0.1, 0.15) is 0 Å². The van der Waals surface area contributed by atoms with E-state index in [1.165, 1.54) is 17.1 Å². The standard InChI is InChI=1S/2C5H9NO/c1-4-5(7)6(2)3;1-4(2)3-5(6)7/h4H,1H2,2-3H3;3H,1-2H3,(H2,6,7). The minimum Gasteiger partial charge on any atom is -0.366 e. The highest BCUT2D eigenvalue weighted by Crippen LogP contribution is 1.84. The van der Waals surface area contributed by atoms with Gasteiger partial charge in [-0.25, -0.2) is 0 Å². The molecule has 0 saturated heterocycles. The highest BCUT2D eigenvalue weighted by atomic mass is 16.2. The molecule has 0 saturated carbocycles. The van der Waals surface area contributed by atoms with E-state index in [0.717, 1.165) is 5.57 Å². The van der Waals surface area contributed by atoms with Crippen LogP contribution in [0.25, 0.3) is 0 Å². The van der Waals surface area contributed by atoms with Gasteiger partial charge in [0, 0.05) is 20.2 Å². The first-order valence-corrected chi connectivity index (χ1v) is 4.09. The van der Waals surface area contributed by atoms with Crippen molar-refractivity contribution in [1.29, 1.82) is 0 Å². The van der Waals surface area contributed by atoms with Crippen molar-refractivity contribution >= 4 is 11.8 Å². The van der Waals surface area contributed by atoms with Crippen molar-refractivity contribution in [1.82, 2.24) is 4.90 Å². The molecule has 2 amide bonds. The lowest BCUT2D eigenvalue weighted by Crippen LogP contribution is -2.18. The minimum absolute atomic E-state index is 0.0556. The highest BCUT2D eigenvalue weighted by Gasteiger charge is 1.91. The van der Waals surface area contributed by atoms with Gasteiger partial charge in [-0.3, -0.25) is 9.59 Å². The van der Waals surface area contributed by atoms with Gasteiger partial charge in [-0.15, -0.1) is 0 Å². The Morgan fingerprint density at radius 2 is 1.71 bits per heavy atom. The molecule has 14 heavy (non-hydrogen) atoms. The van der Waals surface area contributed by atoms with Crippen LogP contribution in [0.2, 0.25) is 0 Å². The topological polar surface area (TPSA) is 63.4 Å². The summed E-state index contributed by atoms with van der Waals surface area (Å²) in [5.41, 5.74) is 5.72. The molecular weight excluding hydrogens is 180 g/mol. The summed E-state index contributed by atoms with van der Waals surface area (Å²) in [6, 6.07) is 0. The van der Waals surface area contributed by atoms with E-state index in [4.69, 9.17) is 5.73 Å². The summed E-state index contributed by atoms with van der Waals surface area (Å²) in [6.07, 6.45) is 2.67. The van der Waals surface area contributed by atoms with Crippen LogP contribution in [-0.2, 0) is 9.59 Å². The third-order valence-corrected chi connectivity index (χ3v) is 1.05. The van der Waals surface area contributed by atoms with E-state index < -0.39 is 0 Å². The summed E-state index contributed by atoms with van der Waals surface area (Å²) in [4.78, 5) is 21.7. The fraction of sp³-hybridized carbons (Fsp3) is 0.400. The Hall–Kier alpha value is -1.58. The Balaban J connectivity index is 0. The van der Waals surface area contributed by atoms with E-state index in [-0.39, 0.29) is 11.8 Å². The average molecular weight is 198 g/mol. The van der Waals surface area contributed by atoms with Crippen molar-refractivity contribution in [3.05, 3.63) is 24.3 Å². The van der Waals surface area contributed by atoms with Gasteiger partial charge < -0.3 is 10.6 Å². The Kier molecular flexibility index (Phi) is 8.57. The number of hydrogen-bond acceptors (Lipinski definition) is 2. The number of nitrogens with zero attached hydrogens (tertiary/aromatic N) is 1. The van der Waals surface area contributed by atoms with Crippen molar-refractivity contribution in [2.24, 2.45) is 5.73 Å². The second kappa shape index (κ2) is 8.04. The van der Waals surface area contributed by atoms with E-state index in [1.807, 2.05) is 13.8 Å². The molecule has 0 heterocycles. The summed E-state index contributed by atoms with van der Waals surface area (Å²) >= 11 is 0. The van der Waals surface area contributed by atoms with Crippen LogP contribution in [0.5, 0.6) is 0 Å². The van der Waals surface area contributed by atoms with Crippen LogP contribution in [0.15, 0.2) is 24.3 Å². The zero-order valence-corrected chi connectivity index (χ0v) is 9.20. The number of allylic oxidation sites excluding steroid dienone is 1. The number of primary amides is 1. The van der Waals surface area contributed by atoms with Crippen LogP contribution >= 0.6 is 0 Å². The lowest BCUT2D eigenvalue weighted by Gasteiger charge is -2.03. The molecule has 0 radical (unpaired) electrons. The van der Waals surface area contributed by atoms with E-state index in [9.17, 15) is 9.59 Å². The second-order valence-corrected chi connectivity index (χ2v) is 3.06. The molecule has 80 valence electrons.